The Morgan fingerprint density at radius 2 is 2.08 bits per heavy atom. The topological polar surface area (TPSA) is 66.2 Å². The Hall–Kier alpha value is -2.30. The van der Waals surface area contributed by atoms with Gasteiger partial charge in [-0.05, 0) is 44.7 Å². The fourth-order valence-electron chi connectivity index (χ4n) is 3.12. The highest BCUT2D eigenvalue weighted by atomic mass is 19.4. The molecule has 25 heavy (non-hydrogen) atoms. The van der Waals surface area contributed by atoms with E-state index in [0.717, 1.165) is 18.6 Å². The highest BCUT2D eigenvalue weighted by Gasteiger charge is 2.41. The number of carbonyl (C=O) groups is 1. The molecule has 8 heteroatoms. The summed E-state index contributed by atoms with van der Waals surface area (Å²) in [7, 11) is 1.31. The number of anilines is 1. The van der Waals surface area contributed by atoms with Crippen molar-refractivity contribution in [2.45, 2.75) is 32.9 Å². The molecule has 0 saturated carbocycles. The van der Waals surface area contributed by atoms with E-state index in [1.165, 1.54) is 7.11 Å². The SMILES string of the molecule is COC(=O)C(C)(C)C1CCCN(c2nc(C(F)(F)F)ccc2C#N)C1. The molecule has 1 fully saturated rings. The van der Waals surface area contributed by atoms with Crippen LogP contribution in [0.1, 0.15) is 37.9 Å². The maximum absolute atomic E-state index is 13.0. The summed E-state index contributed by atoms with van der Waals surface area (Å²) < 4.78 is 43.7. The number of piperidine rings is 1. The first-order valence-corrected chi connectivity index (χ1v) is 7.93. The van der Waals surface area contributed by atoms with Crippen molar-refractivity contribution >= 4 is 11.8 Å². The molecule has 1 aliphatic heterocycles. The number of esters is 1. The summed E-state index contributed by atoms with van der Waals surface area (Å²) >= 11 is 0. The zero-order valence-corrected chi connectivity index (χ0v) is 14.4. The van der Waals surface area contributed by atoms with E-state index >= 15 is 0 Å². The van der Waals surface area contributed by atoms with E-state index in [9.17, 15) is 23.2 Å². The average Bonchev–Trinajstić information content (AvgIpc) is 2.59. The molecule has 2 heterocycles. The van der Waals surface area contributed by atoms with Crippen LogP contribution in [0.15, 0.2) is 12.1 Å². The Kier molecular flexibility index (Phi) is 5.26. The monoisotopic (exact) mass is 355 g/mol. The van der Waals surface area contributed by atoms with Gasteiger partial charge in [-0.25, -0.2) is 4.98 Å². The molecule has 136 valence electrons. The predicted molar refractivity (Wildman–Crippen MR) is 84.7 cm³/mol. The molecule has 0 bridgehead atoms. The fourth-order valence-corrected chi connectivity index (χ4v) is 3.12. The lowest BCUT2D eigenvalue weighted by Gasteiger charge is -2.40. The number of carbonyl (C=O) groups excluding carboxylic acids is 1. The smallest absolute Gasteiger partial charge is 0.433 e. The molecule has 1 aromatic rings. The molecule has 1 atom stereocenters. The van der Waals surface area contributed by atoms with Gasteiger partial charge >= 0.3 is 12.1 Å². The van der Waals surface area contributed by atoms with Gasteiger partial charge in [0, 0.05) is 13.1 Å². The van der Waals surface area contributed by atoms with Gasteiger partial charge in [-0.3, -0.25) is 4.79 Å². The number of alkyl halides is 3. The highest BCUT2D eigenvalue weighted by Crippen LogP contribution is 2.37. The summed E-state index contributed by atoms with van der Waals surface area (Å²) in [4.78, 5) is 17.4. The van der Waals surface area contributed by atoms with Crippen LogP contribution in [0.5, 0.6) is 0 Å². The maximum Gasteiger partial charge on any atom is 0.433 e. The number of nitrogens with zero attached hydrogens (tertiary/aromatic N) is 3. The molecule has 1 unspecified atom stereocenters. The van der Waals surface area contributed by atoms with Crippen LogP contribution in [-0.2, 0) is 15.7 Å². The van der Waals surface area contributed by atoms with Crippen molar-refractivity contribution in [3.63, 3.8) is 0 Å². The van der Waals surface area contributed by atoms with E-state index < -0.39 is 17.3 Å². The van der Waals surface area contributed by atoms with Gasteiger partial charge in [0.2, 0.25) is 0 Å². The summed E-state index contributed by atoms with van der Waals surface area (Å²) in [5, 5.41) is 9.22. The van der Waals surface area contributed by atoms with Crippen molar-refractivity contribution < 1.29 is 22.7 Å². The number of hydrogen-bond acceptors (Lipinski definition) is 5. The van der Waals surface area contributed by atoms with Crippen LogP contribution in [-0.4, -0.2) is 31.2 Å². The van der Waals surface area contributed by atoms with E-state index in [-0.39, 0.29) is 23.3 Å². The summed E-state index contributed by atoms with van der Waals surface area (Å²) in [5.74, 6) is -0.462. The number of hydrogen-bond donors (Lipinski definition) is 0. The van der Waals surface area contributed by atoms with Crippen LogP contribution in [0.25, 0.3) is 0 Å². The molecule has 0 spiro atoms. The van der Waals surface area contributed by atoms with E-state index in [4.69, 9.17) is 4.74 Å². The van der Waals surface area contributed by atoms with Crippen LogP contribution in [0.2, 0.25) is 0 Å². The molecule has 0 amide bonds. The first-order chi connectivity index (χ1) is 11.6. The highest BCUT2D eigenvalue weighted by molar-refractivity contribution is 5.76. The Balaban J connectivity index is 2.35. The zero-order chi connectivity index (χ0) is 18.8. The first kappa shape index (κ1) is 19.0. The number of methoxy groups -OCH3 is 1. The lowest BCUT2D eigenvalue weighted by atomic mass is 9.74. The molecular formula is C17H20F3N3O2. The Labute approximate surface area is 144 Å². The summed E-state index contributed by atoms with van der Waals surface area (Å²) in [6.45, 7) is 4.34. The van der Waals surface area contributed by atoms with Gasteiger partial charge in [0.25, 0.3) is 0 Å². The Morgan fingerprint density at radius 3 is 2.64 bits per heavy atom. The van der Waals surface area contributed by atoms with Gasteiger partial charge in [-0.1, -0.05) is 0 Å². The lowest BCUT2D eigenvalue weighted by Crippen LogP contribution is -2.45. The summed E-state index contributed by atoms with van der Waals surface area (Å²) in [6.07, 6.45) is -3.14. The maximum atomic E-state index is 13.0. The van der Waals surface area contributed by atoms with Gasteiger partial charge in [0.1, 0.15) is 17.6 Å². The third-order valence-corrected chi connectivity index (χ3v) is 4.74. The summed E-state index contributed by atoms with van der Waals surface area (Å²) in [5.41, 5.74) is -1.72. The second-order valence-corrected chi connectivity index (χ2v) is 6.68. The van der Waals surface area contributed by atoms with E-state index in [1.807, 2.05) is 6.07 Å². The molecule has 1 saturated heterocycles. The summed E-state index contributed by atoms with van der Waals surface area (Å²) in [6, 6.07) is 3.84. The van der Waals surface area contributed by atoms with Gasteiger partial charge < -0.3 is 9.64 Å². The fraction of sp³-hybridized carbons (Fsp3) is 0.588. The van der Waals surface area contributed by atoms with Crippen molar-refractivity contribution in [2.24, 2.45) is 11.3 Å². The number of ether oxygens (including phenoxy) is 1. The van der Waals surface area contributed by atoms with Crippen molar-refractivity contribution in [2.75, 3.05) is 25.1 Å². The molecular weight excluding hydrogens is 335 g/mol. The molecule has 1 aromatic heterocycles. The van der Waals surface area contributed by atoms with Gasteiger partial charge in [-0.15, -0.1) is 0 Å². The Bertz CT molecular complexity index is 695. The van der Waals surface area contributed by atoms with Crippen molar-refractivity contribution in [1.82, 2.24) is 4.98 Å². The number of nitriles is 1. The van der Waals surface area contributed by atoms with Crippen molar-refractivity contribution in [1.29, 1.82) is 5.26 Å². The molecule has 0 radical (unpaired) electrons. The molecule has 5 nitrogen and oxygen atoms in total. The van der Waals surface area contributed by atoms with Crippen LogP contribution >= 0.6 is 0 Å². The Morgan fingerprint density at radius 1 is 1.40 bits per heavy atom. The number of pyridine rings is 1. The van der Waals surface area contributed by atoms with E-state index in [2.05, 4.69) is 4.98 Å². The lowest BCUT2D eigenvalue weighted by molar-refractivity contribution is -0.154. The number of aromatic nitrogens is 1. The largest absolute Gasteiger partial charge is 0.469 e. The minimum atomic E-state index is -4.58. The molecule has 0 N–H and O–H groups in total. The van der Waals surface area contributed by atoms with E-state index in [0.29, 0.717) is 19.5 Å². The second kappa shape index (κ2) is 6.90. The van der Waals surface area contributed by atoms with E-state index in [1.54, 1.807) is 18.7 Å². The molecule has 0 aliphatic carbocycles. The van der Waals surface area contributed by atoms with Crippen LogP contribution in [0.4, 0.5) is 19.0 Å². The third kappa shape index (κ3) is 3.86. The quantitative estimate of drug-likeness (QED) is 0.778. The molecule has 2 rings (SSSR count). The minimum Gasteiger partial charge on any atom is -0.469 e. The second-order valence-electron chi connectivity index (χ2n) is 6.68. The van der Waals surface area contributed by atoms with Gasteiger partial charge in [0.05, 0.1) is 18.1 Å². The number of rotatable bonds is 3. The van der Waals surface area contributed by atoms with Crippen LogP contribution in [0, 0.1) is 22.7 Å². The van der Waals surface area contributed by atoms with Gasteiger partial charge in [-0.2, -0.15) is 18.4 Å². The normalized spacial score (nSPS) is 18.6. The zero-order valence-electron chi connectivity index (χ0n) is 14.4. The average molecular weight is 355 g/mol. The first-order valence-electron chi connectivity index (χ1n) is 7.93. The standard InChI is InChI=1S/C17H20F3N3O2/c1-16(2,15(24)25-3)12-5-4-8-23(10-12)14-11(9-21)6-7-13(22-14)17(18,19)20/h6-7,12H,4-5,8,10H2,1-3H3. The molecule has 0 aromatic carbocycles. The van der Waals surface area contributed by atoms with Crippen molar-refractivity contribution in [3.8, 4) is 6.07 Å². The van der Waals surface area contributed by atoms with Crippen molar-refractivity contribution in [3.05, 3.63) is 23.4 Å². The van der Waals surface area contributed by atoms with Crippen LogP contribution < -0.4 is 4.90 Å². The molecule has 1 aliphatic rings. The third-order valence-electron chi connectivity index (χ3n) is 4.74. The van der Waals surface area contributed by atoms with Gasteiger partial charge in [0.15, 0.2) is 0 Å². The predicted octanol–water partition coefficient (Wildman–Crippen LogP) is 3.39. The number of halogens is 3. The minimum absolute atomic E-state index is 0.0164. The van der Waals surface area contributed by atoms with Crippen LogP contribution in [0.3, 0.4) is 0 Å².